The van der Waals surface area contributed by atoms with Gasteiger partial charge in [0.05, 0.1) is 11.4 Å². The van der Waals surface area contributed by atoms with E-state index in [9.17, 15) is 0 Å². The summed E-state index contributed by atoms with van der Waals surface area (Å²) in [5, 5.41) is 1.14. The molecule has 0 N–H and O–H groups in total. The highest BCUT2D eigenvalue weighted by Crippen LogP contribution is 2.52. The van der Waals surface area contributed by atoms with Crippen LogP contribution in [0.2, 0.25) is 0 Å². The van der Waals surface area contributed by atoms with Crippen molar-refractivity contribution in [2.45, 2.75) is 33.1 Å². The smallest absolute Gasteiger partial charge is 0.138 e. The maximum Gasteiger partial charge on any atom is 0.138 e. The van der Waals surface area contributed by atoms with E-state index in [1.54, 1.807) is 0 Å². The summed E-state index contributed by atoms with van der Waals surface area (Å²) in [5.74, 6) is 0.888. The zero-order valence-corrected chi connectivity index (χ0v) is 25.2. The highest BCUT2D eigenvalue weighted by molar-refractivity contribution is 5.91. The van der Waals surface area contributed by atoms with E-state index < -0.39 is 0 Å². The van der Waals surface area contributed by atoms with Crippen LogP contribution in [0, 0.1) is 13.8 Å². The summed E-state index contributed by atoms with van der Waals surface area (Å²) in [6.45, 7) is 13.0. The minimum atomic E-state index is -0.156. The molecule has 0 amide bonds. The molecule has 6 aromatic rings. The fourth-order valence-electron chi connectivity index (χ4n) is 6.58. The maximum absolute atomic E-state index is 6.33. The summed E-state index contributed by atoms with van der Waals surface area (Å²) >= 11 is 0. The van der Waals surface area contributed by atoms with Crippen molar-refractivity contribution in [3.05, 3.63) is 168 Å². The summed E-state index contributed by atoms with van der Waals surface area (Å²) in [6, 6.07) is 41.5. The molecule has 0 bridgehead atoms. The van der Waals surface area contributed by atoms with E-state index in [0.717, 1.165) is 33.4 Å². The van der Waals surface area contributed by atoms with E-state index >= 15 is 0 Å². The number of nitrogens with zero attached hydrogens (tertiary/aromatic N) is 1. The first-order chi connectivity index (χ1) is 20.9. The molecule has 0 atom stereocenters. The normalized spacial score (nSPS) is 14.0. The largest absolute Gasteiger partial charge is 0.456 e. The summed E-state index contributed by atoms with van der Waals surface area (Å²) in [4.78, 5) is 2.41. The topological polar surface area (TPSA) is 16.4 Å². The Hall–Kier alpha value is -5.08. The standard InChI is InChI=1S/C41H35NO/c1-6-12-34(40-28(3)33-15-10-11-16-39(33)43-40)30-20-18-29(19-21-30)31-22-24-38-36(26-31)41(4,5)35-25-27(2)17-23-37(35)42(38)32-13-8-7-9-14-32/h6-26H,1H2,2-5H3/b34-12-. The van der Waals surface area contributed by atoms with Gasteiger partial charge in [0.1, 0.15) is 11.3 Å². The van der Waals surface area contributed by atoms with Gasteiger partial charge in [-0.15, -0.1) is 0 Å². The summed E-state index contributed by atoms with van der Waals surface area (Å²) in [5.41, 5.74) is 14.0. The number of fused-ring (bicyclic) bond motifs is 3. The molecule has 210 valence electrons. The number of aryl methyl sites for hydroxylation is 2. The molecule has 0 saturated carbocycles. The van der Waals surface area contributed by atoms with Gasteiger partial charge in [-0.3, -0.25) is 0 Å². The molecule has 1 aliphatic rings. The second kappa shape index (κ2) is 10.3. The average molecular weight is 558 g/mol. The third kappa shape index (κ3) is 4.42. The van der Waals surface area contributed by atoms with Gasteiger partial charge in [-0.2, -0.15) is 0 Å². The predicted octanol–water partition coefficient (Wildman–Crippen LogP) is 11.4. The van der Waals surface area contributed by atoms with E-state index in [1.165, 1.54) is 44.9 Å². The molecule has 1 aromatic heterocycles. The van der Waals surface area contributed by atoms with Crippen molar-refractivity contribution in [2.24, 2.45) is 0 Å². The Morgan fingerprint density at radius 2 is 1.37 bits per heavy atom. The number of hydrogen-bond donors (Lipinski definition) is 0. The lowest BCUT2D eigenvalue weighted by Gasteiger charge is -2.42. The predicted molar refractivity (Wildman–Crippen MR) is 182 cm³/mol. The summed E-state index contributed by atoms with van der Waals surface area (Å²) < 4.78 is 6.33. The van der Waals surface area contributed by atoms with Gasteiger partial charge < -0.3 is 9.32 Å². The molecule has 0 spiro atoms. The van der Waals surface area contributed by atoms with Gasteiger partial charge >= 0.3 is 0 Å². The molecule has 0 radical (unpaired) electrons. The van der Waals surface area contributed by atoms with Crippen molar-refractivity contribution >= 4 is 33.6 Å². The minimum Gasteiger partial charge on any atom is -0.456 e. The van der Waals surface area contributed by atoms with Gasteiger partial charge in [-0.05, 0) is 78.1 Å². The van der Waals surface area contributed by atoms with Crippen molar-refractivity contribution in [3.63, 3.8) is 0 Å². The van der Waals surface area contributed by atoms with Crippen LogP contribution in [-0.4, -0.2) is 0 Å². The molecule has 5 aromatic carbocycles. The maximum atomic E-state index is 6.33. The molecule has 43 heavy (non-hydrogen) atoms. The number of furan rings is 1. The number of para-hydroxylation sites is 2. The number of allylic oxidation sites excluding steroid dienone is 2. The van der Waals surface area contributed by atoms with Crippen LogP contribution in [0.15, 0.2) is 138 Å². The van der Waals surface area contributed by atoms with Crippen LogP contribution in [0.1, 0.15) is 47.4 Å². The SMILES string of the molecule is C=C/C=C(/c1ccc(-c2ccc3c(c2)C(C)(C)c2cc(C)ccc2N3c2ccccc2)cc1)c1oc2ccccc2c1C. The van der Waals surface area contributed by atoms with Crippen molar-refractivity contribution in [3.8, 4) is 11.1 Å². The van der Waals surface area contributed by atoms with Gasteiger partial charge in [-0.25, -0.2) is 0 Å². The Balaban J connectivity index is 1.31. The quantitative estimate of drug-likeness (QED) is 0.196. The first kappa shape index (κ1) is 26.8. The van der Waals surface area contributed by atoms with E-state index in [0.29, 0.717) is 0 Å². The van der Waals surface area contributed by atoms with Gasteiger partial charge in [0.15, 0.2) is 0 Å². The van der Waals surface area contributed by atoms with Crippen LogP contribution in [0.5, 0.6) is 0 Å². The van der Waals surface area contributed by atoms with Crippen molar-refractivity contribution in [1.29, 1.82) is 0 Å². The Kier molecular flexibility index (Phi) is 6.43. The highest BCUT2D eigenvalue weighted by Gasteiger charge is 2.37. The molecule has 1 aliphatic heterocycles. The third-order valence-electron chi connectivity index (χ3n) is 8.89. The fourth-order valence-corrected chi connectivity index (χ4v) is 6.58. The molecular formula is C41H35NO. The van der Waals surface area contributed by atoms with E-state index in [4.69, 9.17) is 4.42 Å². The van der Waals surface area contributed by atoms with Gasteiger partial charge in [0.25, 0.3) is 0 Å². The van der Waals surface area contributed by atoms with Gasteiger partial charge in [0, 0.05) is 27.6 Å². The van der Waals surface area contributed by atoms with Gasteiger partial charge in [0.2, 0.25) is 0 Å². The van der Waals surface area contributed by atoms with Crippen molar-refractivity contribution in [1.82, 2.24) is 0 Å². The average Bonchev–Trinajstić information content (AvgIpc) is 3.37. The second-order valence-corrected chi connectivity index (χ2v) is 12.0. The lowest BCUT2D eigenvalue weighted by Crippen LogP contribution is -2.30. The highest BCUT2D eigenvalue weighted by atomic mass is 16.3. The van der Waals surface area contributed by atoms with Crippen LogP contribution < -0.4 is 4.90 Å². The number of rotatable bonds is 5. The summed E-state index contributed by atoms with van der Waals surface area (Å²) in [6.07, 6.45) is 3.87. The number of anilines is 3. The molecule has 7 rings (SSSR count). The number of hydrogen-bond acceptors (Lipinski definition) is 2. The Bertz CT molecular complexity index is 2020. The molecule has 2 nitrogen and oxygen atoms in total. The molecule has 0 aliphatic carbocycles. The number of benzene rings is 5. The summed E-state index contributed by atoms with van der Waals surface area (Å²) in [7, 11) is 0. The molecule has 0 fully saturated rings. The first-order valence-electron chi connectivity index (χ1n) is 14.9. The van der Waals surface area contributed by atoms with Gasteiger partial charge in [-0.1, -0.05) is 117 Å². The fraction of sp³-hybridized carbons (Fsp3) is 0.122. The van der Waals surface area contributed by atoms with Crippen LogP contribution >= 0.6 is 0 Å². The van der Waals surface area contributed by atoms with Crippen molar-refractivity contribution in [2.75, 3.05) is 4.90 Å². The zero-order chi connectivity index (χ0) is 29.7. The monoisotopic (exact) mass is 557 g/mol. The van der Waals surface area contributed by atoms with Crippen LogP contribution in [0.3, 0.4) is 0 Å². The molecule has 2 heterocycles. The molecule has 0 saturated heterocycles. The Morgan fingerprint density at radius 3 is 2.09 bits per heavy atom. The Morgan fingerprint density at radius 1 is 0.721 bits per heavy atom. The van der Waals surface area contributed by atoms with Crippen molar-refractivity contribution < 1.29 is 4.42 Å². The van der Waals surface area contributed by atoms with E-state index in [1.807, 2.05) is 24.3 Å². The molecular weight excluding hydrogens is 522 g/mol. The van der Waals surface area contributed by atoms with Crippen LogP contribution in [0.4, 0.5) is 17.1 Å². The Labute approximate surface area is 254 Å². The molecule has 2 heteroatoms. The van der Waals surface area contributed by atoms with Crippen LogP contribution in [0.25, 0.3) is 27.7 Å². The lowest BCUT2D eigenvalue weighted by atomic mass is 9.72. The first-order valence-corrected chi connectivity index (χ1v) is 14.9. The van der Waals surface area contributed by atoms with E-state index in [-0.39, 0.29) is 5.41 Å². The minimum absolute atomic E-state index is 0.156. The lowest BCUT2D eigenvalue weighted by molar-refractivity contribution is 0.597. The zero-order valence-electron chi connectivity index (χ0n) is 25.2. The van der Waals surface area contributed by atoms with E-state index in [2.05, 4.69) is 142 Å². The third-order valence-corrected chi connectivity index (χ3v) is 8.89. The van der Waals surface area contributed by atoms with Crippen LogP contribution in [-0.2, 0) is 5.41 Å². The second-order valence-electron chi connectivity index (χ2n) is 12.0. The molecule has 0 unspecified atom stereocenters.